The summed E-state index contributed by atoms with van der Waals surface area (Å²) in [5.41, 5.74) is 0. The molecule has 0 bridgehead atoms. The molecule has 0 aromatic heterocycles. The van der Waals surface area contributed by atoms with Crippen molar-refractivity contribution in [1.82, 2.24) is 4.90 Å². The van der Waals surface area contributed by atoms with Gasteiger partial charge in [-0.3, -0.25) is 9.69 Å². The second-order valence-electron chi connectivity index (χ2n) is 5.57. The number of aliphatic carboxylic acids is 1. The topological polar surface area (TPSA) is 40.5 Å². The van der Waals surface area contributed by atoms with E-state index in [-0.39, 0.29) is 0 Å². The Morgan fingerprint density at radius 2 is 2.12 bits per heavy atom. The fraction of sp³-hybridized carbons (Fsp3) is 0.929. The first kappa shape index (κ1) is 14.5. The molecule has 2 atom stereocenters. The molecule has 3 heteroatoms. The third-order valence-electron chi connectivity index (χ3n) is 4.03. The summed E-state index contributed by atoms with van der Waals surface area (Å²) >= 11 is 0. The Kier molecular flexibility index (Phi) is 5.96. The third-order valence-corrected chi connectivity index (χ3v) is 4.03. The molecule has 1 N–H and O–H groups in total. The molecule has 1 aliphatic rings. The number of nitrogens with zero attached hydrogens (tertiary/aromatic N) is 1. The van der Waals surface area contributed by atoms with E-state index in [4.69, 9.17) is 5.11 Å². The van der Waals surface area contributed by atoms with Crippen LogP contribution in [0.4, 0.5) is 0 Å². The Labute approximate surface area is 105 Å². The van der Waals surface area contributed by atoms with E-state index >= 15 is 0 Å². The average molecular weight is 241 g/mol. The molecular weight excluding hydrogens is 214 g/mol. The van der Waals surface area contributed by atoms with Crippen LogP contribution in [0.2, 0.25) is 0 Å². The van der Waals surface area contributed by atoms with Gasteiger partial charge in [0.05, 0.1) is 0 Å². The molecule has 0 radical (unpaired) electrons. The predicted octanol–water partition coefficient (Wildman–Crippen LogP) is 3.14. The summed E-state index contributed by atoms with van der Waals surface area (Å²) in [6, 6.07) is 1.22. The van der Waals surface area contributed by atoms with E-state index < -0.39 is 5.97 Å². The van der Waals surface area contributed by atoms with Gasteiger partial charge in [0.2, 0.25) is 0 Å². The summed E-state index contributed by atoms with van der Waals surface area (Å²) in [5.74, 6) is 0.215. The van der Waals surface area contributed by atoms with Crippen LogP contribution in [0.3, 0.4) is 0 Å². The zero-order chi connectivity index (χ0) is 12.8. The molecule has 0 spiro atoms. The zero-order valence-electron chi connectivity index (χ0n) is 11.5. The fourth-order valence-electron chi connectivity index (χ4n) is 3.00. The number of carboxylic acids is 1. The van der Waals surface area contributed by atoms with E-state index in [9.17, 15) is 4.79 Å². The van der Waals surface area contributed by atoms with E-state index in [2.05, 4.69) is 25.7 Å². The van der Waals surface area contributed by atoms with Gasteiger partial charge in [-0.15, -0.1) is 0 Å². The van der Waals surface area contributed by atoms with Crippen LogP contribution in [-0.2, 0) is 4.79 Å². The van der Waals surface area contributed by atoms with Crippen molar-refractivity contribution in [2.45, 2.75) is 71.4 Å². The van der Waals surface area contributed by atoms with Gasteiger partial charge in [-0.2, -0.15) is 0 Å². The van der Waals surface area contributed by atoms with Crippen molar-refractivity contribution < 1.29 is 9.90 Å². The van der Waals surface area contributed by atoms with Gasteiger partial charge in [-0.1, -0.05) is 13.3 Å². The van der Waals surface area contributed by atoms with Crippen molar-refractivity contribution in [3.63, 3.8) is 0 Å². The molecule has 0 aromatic carbocycles. The normalized spacial score (nSPS) is 24.8. The molecule has 100 valence electrons. The highest BCUT2D eigenvalue weighted by Crippen LogP contribution is 2.32. The van der Waals surface area contributed by atoms with Gasteiger partial charge >= 0.3 is 5.97 Å². The standard InChI is InChI=1S/C14H27NO2/c1-4-12-7-8-13(10-12)15(11(2)3)9-5-6-14(16)17/h11-13H,4-10H2,1-3H3,(H,16,17). The first-order valence-electron chi connectivity index (χ1n) is 7.02. The second-order valence-corrected chi connectivity index (χ2v) is 5.57. The van der Waals surface area contributed by atoms with Crippen LogP contribution in [0.1, 0.15) is 59.3 Å². The molecule has 0 saturated heterocycles. The lowest BCUT2D eigenvalue weighted by Crippen LogP contribution is -2.40. The molecule has 17 heavy (non-hydrogen) atoms. The second kappa shape index (κ2) is 7.00. The van der Waals surface area contributed by atoms with E-state index in [1.54, 1.807) is 0 Å². The molecule has 1 fully saturated rings. The van der Waals surface area contributed by atoms with Crippen molar-refractivity contribution in [2.24, 2.45) is 5.92 Å². The molecule has 3 nitrogen and oxygen atoms in total. The number of carboxylic acid groups (broad SMARTS) is 1. The van der Waals surface area contributed by atoms with Gasteiger partial charge in [0.25, 0.3) is 0 Å². The lowest BCUT2D eigenvalue weighted by molar-refractivity contribution is -0.137. The van der Waals surface area contributed by atoms with Crippen LogP contribution in [0.25, 0.3) is 0 Å². The molecule has 2 unspecified atom stereocenters. The van der Waals surface area contributed by atoms with Crippen LogP contribution in [-0.4, -0.2) is 34.6 Å². The average Bonchev–Trinajstić information content (AvgIpc) is 2.71. The van der Waals surface area contributed by atoms with E-state index in [1.165, 1.54) is 25.7 Å². The molecule has 0 aromatic rings. The largest absolute Gasteiger partial charge is 0.481 e. The van der Waals surface area contributed by atoms with Gasteiger partial charge in [0.1, 0.15) is 0 Å². The lowest BCUT2D eigenvalue weighted by Gasteiger charge is -2.32. The van der Waals surface area contributed by atoms with Crippen molar-refractivity contribution in [2.75, 3.05) is 6.54 Å². The third kappa shape index (κ3) is 4.66. The molecule has 0 aliphatic heterocycles. The minimum Gasteiger partial charge on any atom is -0.481 e. The molecular formula is C14H27NO2. The lowest BCUT2D eigenvalue weighted by atomic mass is 10.0. The van der Waals surface area contributed by atoms with Crippen molar-refractivity contribution in [3.05, 3.63) is 0 Å². The van der Waals surface area contributed by atoms with Crippen molar-refractivity contribution in [1.29, 1.82) is 0 Å². The summed E-state index contributed by atoms with van der Waals surface area (Å²) < 4.78 is 0. The van der Waals surface area contributed by atoms with Crippen LogP contribution >= 0.6 is 0 Å². The maximum atomic E-state index is 10.6. The molecule has 0 amide bonds. The van der Waals surface area contributed by atoms with Gasteiger partial charge in [-0.05, 0) is 52.0 Å². The quantitative estimate of drug-likeness (QED) is 0.744. The number of carbonyl (C=O) groups is 1. The number of hydrogen-bond donors (Lipinski definition) is 1. The van der Waals surface area contributed by atoms with Gasteiger partial charge in [-0.25, -0.2) is 0 Å². The highest BCUT2D eigenvalue weighted by atomic mass is 16.4. The molecule has 1 aliphatic carbocycles. The van der Waals surface area contributed by atoms with Gasteiger partial charge in [0.15, 0.2) is 0 Å². The summed E-state index contributed by atoms with van der Waals surface area (Å²) in [4.78, 5) is 13.1. The first-order valence-corrected chi connectivity index (χ1v) is 7.02. The van der Waals surface area contributed by atoms with E-state index in [0.29, 0.717) is 18.5 Å². The maximum Gasteiger partial charge on any atom is 0.303 e. The Hall–Kier alpha value is -0.570. The Morgan fingerprint density at radius 1 is 1.41 bits per heavy atom. The first-order chi connectivity index (χ1) is 8.04. The number of hydrogen-bond acceptors (Lipinski definition) is 2. The zero-order valence-corrected chi connectivity index (χ0v) is 11.5. The van der Waals surface area contributed by atoms with Crippen LogP contribution in [0, 0.1) is 5.92 Å². The minimum absolute atomic E-state index is 0.299. The Morgan fingerprint density at radius 3 is 2.59 bits per heavy atom. The van der Waals surface area contributed by atoms with Crippen LogP contribution in [0.15, 0.2) is 0 Å². The molecule has 0 heterocycles. The summed E-state index contributed by atoms with van der Waals surface area (Å²) in [5, 5.41) is 8.69. The van der Waals surface area contributed by atoms with Crippen molar-refractivity contribution in [3.8, 4) is 0 Å². The molecule has 1 saturated carbocycles. The molecule has 1 rings (SSSR count). The summed E-state index contributed by atoms with van der Waals surface area (Å²) in [7, 11) is 0. The summed E-state index contributed by atoms with van der Waals surface area (Å²) in [6.07, 6.45) is 6.32. The van der Waals surface area contributed by atoms with E-state index in [0.717, 1.165) is 18.9 Å². The smallest absolute Gasteiger partial charge is 0.303 e. The SMILES string of the molecule is CCC1CCC(N(CCCC(=O)O)C(C)C)C1. The monoisotopic (exact) mass is 241 g/mol. The van der Waals surface area contributed by atoms with Crippen LogP contribution in [0.5, 0.6) is 0 Å². The van der Waals surface area contributed by atoms with E-state index in [1.807, 2.05) is 0 Å². The predicted molar refractivity (Wildman–Crippen MR) is 70.1 cm³/mol. The maximum absolute atomic E-state index is 10.6. The fourth-order valence-corrected chi connectivity index (χ4v) is 3.00. The minimum atomic E-state index is -0.674. The van der Waals surface area contributed by atoms with Gasteiger partial charge in [0, 0.05) is 18.5 Å². The Bertz CT molecular complexity index is 240. The highest BCUT2D eigenvalue weighted by molar-refractivity contribution is 5.66. The van der Waals surface area contributed by atoms with Crippen LogP contribution < -0.4 is 0 Å². The Balaban J connectivity index is 2.40. The van der Waals surface area contributed by atoms with Gasteiger partial charge < -0.3 is 5.11 Å². The number of rotatable bonds is 7. The highest BCUT2D eigenvalue weighted by Gasteiger charge is 2.29. The summed E-state index contributed by atoms with van der Waals surface area (Å²) in [6.45, 7) is 7.66. The van der Waals surface area contributed by atoms with Crippen molar-refractivity contribution >= 4 is 5.97 Å².